The molecule has 1 unspecified atom stereocenters. The summed E-state index contributed by atoms with van der Waals surface area (Å²) >= 11 is 1.12. The van der Waals surface area contributed by atoms with E-state index < -0.39 is 6.10 Å². The normalized spacial score (nSPS) is 18.0. The van der Waals surface area contributed by atoms with Crippen molar-refractivity contribution in [3.8, 4) is 11.5 Å². The summed E-state index contributed by atoms with van der Waals surface area (Å²) in [4.78, 5) is 23.0. The topological polar surface area (TPSA) is 72.8 Å². The van der Waals surface area contributed by atoms with E-state index in [-0.39, 0.29) is 29.2 Å². The fourth-order valence-corrected chi connectivity index (χ4v) is 3.77. The van der Waals surface area contributed by atoms with Crippen LogP contribution in [-0.2, 0) is 16.0 Å². The SMILES string of the molecule is COc1cccc([C@H](O)COc2ccc(CC3SC(=O)CC3=O)cc2)c1. The Morgan fingerprint density at radius 3 is 2.58 bits per heavy atom. The minimum Gasteiger partial charge on any atom is -0.497 e. The molecule has 2 atom stereocenters. The van der Waals surface area contributed by atoms with Crippen LogP contribution < -0.4 is 9.47 Å². The number of aliphatic hydroxyl groups is 1. The lowest BCUT2D eigenvalue weighted by atomic mass is 10.1. The van der Waals surface area contributed by atoms with Gasteiger partial charge in [0.05, 0.1) is 18.8 Å². The molecule has 136 valence electrons. The summed E-state index contributed by atoms with van der Waals surface area (Å²) in [6.07, 6.45) is -0.177. The number of aliphatic hydroxyl groups excluding tert-OH is 1. The van der Waals surface area contributed by atoms with Gasteiger partial charge in [0.15, 0.2) is 10.9 Å². The standard InChI is InChI=1S/C20H20O5S/c1-24-16-4-2-3-14(10-16)18(22)12-25-15-7-5-13(6-8-15)9-19-17(21)11-20(23)26-19/h2-8,10,18-19,22H,9,11-12H2,1H3/t18-,19?/m1/s1. The third-order valence-corrected chi connectivity index (χ3v) is 5.30. The van der Waals surface area contributed by atoms with E-state index in [1.807, 2.05) is 30.3 Å². The number of rotatable bonds is 7. The number of ketones is 1. The van der Waals surface area contributed by atoms with Gasteiger partial charge in [-0.1, -0.05) is 36.0 Å². The van der Waals surface area contributed by atoms with E-state index >= 15 is 0 Å². The molecule has 0 spiro atoms. The Morgan fingerprint density at radius 1 is 1.15 bits per heavy atom. The Labute approximate surface area is 156 Å². The molecule has 0 radical (unpaired) electrons. The Balaban J connectivity index is 1.54. The van der Waals surface area contributed by atoms with Gasteiger partial charge in [-0.25, -0.2) is 0 Å². The van der Waals surface area contributed by atoms with Crippen molar-refractivity contribution < 1.29 is 24.2 Å². The predicted octanol–water partition coefficient (Wildman–Crippen LogP) is 2.95. The van der Waals surface area contributed by atoms with Crippen molar-refractivity contribution in [3.63, 3.8) is 0 Å². The van der Waals surface area contributed by atoms with Gasteiger partial charge < -0.3 is 14.6 Å². The van der Waals surface area contributed by atoms with Crippen LogP contribution in [0, 0.1) is 0 Å². The quantitative estimate of drug-likeness (QED) is 0.754. The number of carbonyl (C=O) groups is 2. The smallest absolute Gasteiger partial charge is 0.197 e. The number of thioether (sulfide) groups is 1. The van der Waals surface area contributed by atoms with Crippen LogP contribution in [0.5, 0.6) is 11.5 Å². The number of ether oxygens (including phenoxy) is 2. The second-order valence-corrected chi connectivity index (χ2v) is 7.33. The molecule has 5 nitrogen and oxygen atoms in total. The molecule has 3 rings (SSSR count). The highest BCUT2D eigenvalue weighted by Gasteiger charge is 2.31. The summed E-state index contributed by atoms with van der Waals surface area (Å²) in [5.41, 5.74) is 1.70. The van der Waals surface area contributed by atoms with Crippen LogP contribution in [-0.4, -0.2) is 35.0 Å². The van der Waals surface area contributed by atoms with E-state index in [1.165, 1.54) is 0 Å². The summed E-state index contributed by atoms with van der Waals surface area (Å²) in [7, 11) is 1.58. The molecule has 6 heteroatoms. The van der Waals surface area contributed by atoms with E-state index in [1.54, 1.807) is 25.3 Å². The molecule has 26 heavy (non-hydrogen) atoms. The molecule has 2 aromatic rings. The zero-order valence-corrected chi connectivity index (χ0v) is 15.2. The summed E-state index contributed by atoms with van der Waals surface area (Å²) in [6, 6.07) is 14.6. The Morgan fingerprint density at radius 2 is 1.92 bits per heavy atom. The average Bonchev–Trinajstić information content (AvgIpc) is 2.97. The highest BCUT2D eigenvalue weighted by Crippen LogP contribution is 2.28. The maximum Gasteiger partial charge on any atom is 0.197 e. The van der Waals surface area contributed by atoms with Crippen LogP contribution in [0.4, 0.5) is 0 Å². The van der Waals surface area contributed by atoms with Crippen molar-refractivity contribution in [3.05, 3.63) is 59.7 Å². The number of Topliss-reactive ketones (excluding diaryl/α,β-unsaturated/α-hetero) is 1. The molecule has 1 N–H and O–H groups in total. The highest BCUT2D eigenvalue weighted by molar-refractivity contribution is 8.15. The highest BCUT2D eigenvalue weighted by atomic mass is 32.2. The molecule has 1 fully saturated rings. The number of benzene rings is 2. The van der Waals surface area contributed by atoms with Crippen LogP contribution in [0.3, 0.4) is 0 Å². The lowest BCUT2D eigenvalue weighted by Crippen LogP contribution is -2.13. The van der Waals surface area contributed by atoms with Crippen molar-refractivity contribution in [1.29, 1.82) is 0 Å². The summed E-state index contributed by atoms with van der Waals surface area (Å²) in [5.74, 6) is 1.32. The first-order valence-electron chi connectivity index (χ1n) is 8.31. The molecule has 0 aliphatic carbocycles. The number of methoxy groups -OCH3 is 1. The maximum atomic E-state index is 11.7. The average molecular weight is 372 g/mol. The van der Waals surface area contributed by atoms with Crippen molar-refractivity contribution >= 4 is 22.7 Å². The third kappa shape index (κ3) is 4.65. The van der Waals surface area contributed by atoms with Crippen LogP contribution >= 0.6 is 11.8 Å². The lowest BCUT2D eigenvalue weighted by molar-refractivity contribution is -0.121. The fraction of sp³-hybridized carbons (Fsp3) is 0.300. The summed E-state index contributed by atoms with van der Waals surface area (Å²) < 4.78 is 10.8. The fourth-order valence-electron chi connectivity index (χ4n) is 2.73. The zero-order valence-electron chi connectivity index (χ0n) is 14.4. The van der Waals surface area contributed by atoms with Crippen LogP contribution in [0.1, 0.15) is 23.7 Å². The second-order valence-electron chi connectivity index (χ2n) is 6.07. The van der Waals surface area contributed by atoms with Crippen LogP contribution in [0.15, 0.2) is 48.5 Å². The molecule has 1 saturated heterocycles. The largest absolute Gasteiger partial charge is 0.497 e. The van der Waals surface area contributed by atoms with Gasteiger partial charge in [-0.3, -0.25) is 9.59 Å². The van der Waals surface area contributed by atoms with E-state index in [0.717, 1.165) is 22.9 Å². The minimum atomic E-state index is -0.761. The molecular weight excluding hydrogens is 352 g/mol. The first kappa shape index (κ1) is 18.5. The number of hydrogen-bond acceptors (Lipinski definition) is 6. The van der Waals surface area contributed by atoms with Crippen molar-refractivity contribution in [2.24, 2.45) is 0 Å². The van der Waals surface area contributed by atoms with Gasteiger partial charge in [0, 0.05) is 0 Å². The molecule has 0 saturated carbocycles. The van der Waals surface area contributed by atoms with Crippen molar-refractivity contribution in [2.45, 2.75) is 24.2 Å². The first-order valence-corrected chi connectivity index (χ1v) is 9.19. The van der Waals surface area contributed by atoms with Gasteiger partial charge in [0.2, 0.25) is 0 Å². The van der Waals surface area contributed by atoms with Gasteiger partial charge in [0.25, 0.3) is 0 Å². The Bertz CT molecular complexity index is 787. The lowest BCUT2D eigenvalue weighted by Gasteiger charge is -2.14. The second kappa shape index (κ2) is 8.38. The van der Waals surface area contributed by atoms with Gasteiger partial charge in [-0.05, 0) is 41.8 Å². The monoisotopic (exact) mass is 372 g/mol. The van der Waals surface area contributed by atoms with Crippen LogP contribution in [0.25, 0.3) is 0 Å². The van der Waals surface area contributed by atoms with Gasteiger partial charge in [-0.15, -0.1) is 0 Å². The Kier molecular flexibility index (Phi) is 5.96. The van der Waals surface area contributed by atoms with Crippen molar-refractivity contribution in [2.75, 3.05) is 13.7 Å². The van der Waals surface area contributed by atoms with Crippen LogP contribution in [0.2, 0.25) is 0 Å². The molecule has 1 heterocycles. The van der Waals surface area contributed by atoms with E-state index in [0.29, 0.717) is 17.9 Å². The van der Waals surface area contributed by atoms with Gasteiger partial charge in [-0.2, -0.15) is 0 Å². The number of hydrogen-bond donors (Lipinski definition) is 1. The molecule has 1 aliphatic rings. The molecule has 1 aliphatic heterocycles. The summed E-state index contributed by atoms with van der Waals surface area (Å²) in [5, 5.41) is 9.92. The van der Waals surface area contributed by atoms with E-state index in [4.69, 9.17) is 9.47 Å². The van der Waals surface area contributed by atoms with Gasteiger partial charge in [0.1, 0.15) is 24.2 Å². The maximum absolute atomic E-state index is 11.7. The molecule has 0 aromatic heterocycles. The van der Waals surface area contributed by atoms with Gasteiger partial charge >= 0.3 is 0 Å². The zero-order chi connectivity index (χ0) is 18.5. The van der Waals surface area contributed by atoms with E-state index in [9.17, 15) is 14.7 Å². The predicted molar refractivity (Wildman–Crippen MR) is 99.6 cm³/mol. The Hall–Kier alpha value is -2.31. The van der Waals surface area contributed by atoms with Crippen molar-refractivity contribution in [1.82, 2.24) is 0 Å². The minimum absolute atomic E-state index is 0.00161. The molecule has 0 amide bonds. The molecule has 2 aromatic carbocycles. The molecule has 0 bridgehead atoms. The van der Waals surface area contributed by atoms with E-state index in [2.05, 4.69) is 0 Å². The summed E-state index contributed by atoms with van der Waals surface area (Å²) in [6.45, 7) is 0.123. The molecular formula is C20H20O5S. The number of carbonyl (C=O) groups excluding carboxylic acids is 2. The third-order valence-electron chi connectivity index (χ3n) is 4.18. The first-order chi connectivity index (χ1) is 12.5.